The lowest BCUT2D eigenvalue weighted by atomic mass is 9.73. The third-order valence-electron chi connectivity index (χ3n) is 7.32. The summed E-state index contributed by atoms with van der Waals surface area (Å²) in [6, 6.07) is 6.62. The van der Waals surface area contributed by atoms with Crippen LogP contribution in [0, 0.1) is 17.7 Å². The number of halogens is 1. The maximum Gasteiger partial charge on any atom is 0.217 e. The van der Waals surface area contributed by atoms with Gasteiger partial charge in [0.05, 0.1) is 11.4 Å². The summed E-state index contributed by atoms with van der Waals surface area (Å²) in [5.74, 6) is 0.672. The van der Waals surface area contributed by atoms with E-state index < -0.39 is 0 Å². The summed E-state index contributed by atoms with van der Waals surface area (Å²) in [6.07, 6.45) is 11.8. The fraction of sp³-hybridized carbons (Fsp3) is 0.519. The van der Waals surface area contributed by atoms with E-state index in [1.165, 1.54) is 29.0 Å². The number of fused-ring (bicyclic) bond motifs is 1. The molecule has 1 aromatic carbocycles. The predicted molar refractivity (Wildman–Crippen MR) is 128 cm³/mol. The van der Waals surface area contributed by atoms with Gasteiger partial charge >= 0.3 is 0 Å². The average molecular weight is 438 g/mol. The second kappa shape index (κ2) is 9.13. The third-order valence-corrected chi connectivity index (χ3v) is 7.32. The standard InChI is InChI=1S/C27H36FN3O/c1-5-13-27(14-6-2,30-19(4)32)16-21-8-7-20-15-25-24(18(3)26(20)21)17-29-31(25)23-11-9-22(28)10-12-23/h9-12,15,17-18,21,29H,5-8,13-14,16H2,1-4H3,(H,30,32)/t18-,21+/m0/s1. The fourth-order valence-electron chi connectivity index (χ4n) is 6.24. The maximum absolute atomic E-state index is 13.4. The number of allylic oxidation sites excluding steroid dienone is 4. The second-order valence-corrected chi connectivity index (χ2v) is 9.67. The van der Waals surface area contributed by atoms with Crippen LogP contribution in [0.25, 0.3) is 0 Å². The van der Waals surface area contributed by atoms with Gasteiger partial charge in [0, 0.05) is 30.2 Å². The zero-order valence-electron chi connectivity index (χ0n) is 19.8. The molecule has 2 aliphatic carbocycles. The zero-order chi connectivity index (χ0) is 22.9. The second-order valence-electron chi connectivity index (χ2n) is 9.67. The van der Waals surface area contributed by atoms with E-state index in [0.717, 1.165) is 50.6 Å². The Morgan fingerprint density at radius 1 is 1.22 bits per heavy atom. The van der Waals surface area contributed by atoms with Gasteiger partial charge < -0.3 is 10.7 Å². The molecule has 0 spiro atoms. The van der Waals surface area contributed by atoms with Crippen LogP contribution in [0.5, 0.6) is 0 Å². The molecule has 1 heterocycles. The normalized spacial score (nSPS) is 22.2. The lowest BCUT2D eigenvalue weighted by molar-refractivity contribution is -0.121. The van der Waals surface area contributed by atoms with Crippen LogP contribution in [-0.4, -0.2) is 11.4 Å². The van der Waals surface area contributed by atoms with Crippen molar-refractivity contribution in [2.45, 2.75) is 78.2 Å². The topological polar surface area (TPSA) is 44.4 Å². The Morgan fingerprint density at radius 3 is 2.53 bits per heavy atom. The highest BCUT2D eigenvalue weighted by Crippen LogP contribution is 2.50. The number of nitrogens with one attached hydrogen (secondary N) is 2. The van der Waals surface area contributed by atoms with Crippen molar-refractivity contribution in [2.75, 3.05) is 5.01 Å². The first-order valence-electron chi connectivity index (χ1n) is 12.1. The summed E-state index contributed by atoms with van der Waals surface area (Å²) < 4.78 is 13.4. The molecule has 4 nitrogen and oxygen atoms in total. The molecule has 172 valence electrons. The van der Waals surface area contributed by atoms with Crippen LogP contribution in [0.4, 0.5) is 10.1 Å². The summed E-state index contributed by atoms with van der Waals surface area (Å²) in [6.45, 7) is 8.38. The summed E-state index contributed by atoms with van der Waals surface area (Å²) in [5, 5.41) is 5.42. The van der Waals surface area contributed by atoms with E-state index in [4.69, 9.17) is 0 Å². The number of anilines is 1. The Labute approximate surface area is 191 Å². The molecule has 4 rings (SSSR count). The van der Waals surface area contributed by atoms with Crippen molar-refractivity contribution >= 4 is 11.6 Å². The lowest BCUT2D eigenvalue weighted by Crippen LogP contribution is -2.49. The first kappa shape index (κ1) is 22.6. The first-order valence-corrected chi connectivity index (χ1v) is 12.1. The lowest BCUT2D eigenvalue weighted by Gasteiger charge is -2.39. The Balaban J connectivity index is 1.63. The van der Waals surface area contributed by atoms with Crippen molar-refractivity contribution in [1.29, 1.82) is 0 Å². The molecule has 1 amide bonds. The molecular weight excluding hydrogens is 401 g/mol. The Hall–Kier alpha value is -2.56. The molecule has 2 atom stereocenters. The molecule has 3 aliphatic rings. The summed E-state index contributed by atoms with van der Waals surface area (Å²) in [7, 11) is 0. The average Bonchev–Trinajstić information content (AvgIpc) is 3.33. The van der Waals surface area contributed by atoms with Crippen LogP contribution in [0.3, 0.4) is 0 Å². The minimum atomic E-state index is -0.224. The van der Waals surface area contributed by atoms with Crippen LogP contribution in [0.2, 0.25) is 0 Å². The van der Waals surface area contributed by atoms with Crippen LogP contribution < -0.4 is 15.8 Å². The van der Waals surface area contributed by atoms with Crippen molar-refractivity contribution in [3.8, 4) is 0 Å². The molecule has 32 heavy (non-hydrogen) atoms. The van der Waals surface area contributed by atoms with Gasteiger partial charge in [0.1, 0.15) is 5.82 Å². The molecular formula is C27H36FN3O. The number of carbonyl (C=O) groups is 1. The van der Waals surface area contributed by atoms with Crippen molar-refractivity contribution < 1.29 is 9.18 Å². The number of benzene rings is 1. The number of rotatable bonds is 8. The Morgan fingerprint density at radius 2 is 1.91 bits per heavy atom. The van der Waals surface area contributed by atoms with Gasteiger partial charge in [-0.05, 0) is 73.9 Å². The number of carbonyl (C=O) groups excluding carboxylic acids is 1. The molecule has 0 fully saturated rings. The first-order chi connectivity index (χ1) is 15.4. The molecule has 1 aliphatic heterocycles. The van der Waals surface area contributed by atoms with Gasteiger partial charge in [0.2, 0.25) is 5.91 Å². The number of hydrazine groups is 1. The quantitative estimate of drug-likeness (QED) is 0.513. The largest absolute Gasteiger partial charge is 0.351 e. The van der Waals surface area contributed by atoms with Gasteiger partial charge in [-0.25, -0.2) is 4.39 Å². The van der Waals surface area contributed by atoms with Crippen molar-refractivity contribution in [3.63, 3.8) is 0 Å². The molecule has 0 radical (unpaired) electrons. The van der Waals surface area contributed by atoms with Gasteiger partial charge in [0.25, 0.3) is 0 Å². The molecule has 0 bridgehead atoms. The highest BCUT2D eigenvalue weighted by atomic mass is 19.1. The van der Waals surface area contributed by atoms with Crippen LogP contribution in [0.15, 0.2) is 59.0 Å². The van der Waals surface area contributed by atoms with E-state index >= 15 is 0 Å². The smallest absolute Gasteiger partial charge is 0.217 e. The molecule has 0 unspecified atom stereocenters. The van der Waals surface area contributed by atoms with Crippen LogP contribution in [0.1, 0.15) is 72.6 Å². The van der Waals surface area contributed by atoms with Gasteiger partial charge in [-0.1, -0.05) is 39.2 Å². The number of nitrogens with zero attached hydrogens (tertiary/aromatic N) is 1. The van der Waals surface area contributed by atoms with E-state index in [9.17, 15) is 9.18 Å². The van der Waals surface area contributed by atoms with Crippen molar-refractivity contribution in [1.82, 2.24) is 10.7 Å². The number of hydrogen-bond acceptors (Lipinski definition) is 3. The third kappa shape index (κ3) is 4.22. The highest BCUT2D eigenvalue weighted by molar-refractivity contribution is 5.74. The number of amides is 1. The minimum Gasteiger partial charge on any atom is -0.351 e. The SMILES string of the molecule is CCCC(CCC)(C[C@H]1CCC2=C1[C@@H](C)C1=CNN(c3ccc(F)cc3)C1=C2)NC(C)=O. The maximum atomic E-state index is 13.4. The molecule has 5 heteroatoms. The van der Waals surface area contributed by atoms with Crippen LogP contribution in [-0.2, 0) is 4.79 Å². The van der Waals surface area contributed by atoms with Gasteiger partial charge in [0.15, 0.2) is 0 Å². The molecule has 0 aromatic heterocycles. The van der Waals surface area contributed by atoms with Crippen molar-refractivity contribution in [3.05, 3.63) is 64.8 Å². The molecule has 1 aromatic rings. The van der Waals surface area contributed by atoms with Gasteiger partial charge in [-0.15, -0.1) is 0 Å². The summed E-state index contributed by atoms with van der Waals surface area (Å²) in [5.41, 5.74) is 9.64. The zero-order valence-corrected chi connectivity index (χ0v) is 19.8. The minimum absolute atomic E-state index is 0.0793. The van der Waals surface area contributed by atoms with Crippen LogP contribution >= 0.6 is 0 Å². The summed E-state index contributed by atoms with van der Waals surface area (Å²) >= 11 is 0. The molecule has 0 saturated carbocycles. The molecule has 0 saturated heterocycles. The van der Waals surface area contributed by atoms with E-state index in [1.807, 2.05) is 12.1 Å². The van der Waals surface area contributed by atoms with Gasteiger partial charge in [-0.2, -0.15) is 0 Å². The van der Waals surface area contributed by atoms with Crippen molar-refractivity contribution in [2.24, 2.45) is 11.8 Å². The van der Waals surface area contributed by atoms with E-state index in [0.29, 0.717) is 11.8 Å². The Kier molecular flexibility index (Phi) is 6.45. The Bertz CT molecular complexity index is 954. The fourth-order valence-corrected chi connectivity index (χ4v) is 6.24. The summed E-state index contributed by atoms with van der Waals surface area (Å²) in [4.78, 5) is 12.1. The predicted octanol–water partition coefficient (Wildman–Crippen LogP) is 6.14. The van der Waals surface area contributed by atoms with E-state index in [1.54, 1.807) is 12.5 Å². The van der Waals surface area contributed by atoms with E-state index in [-0.39, 0.29) is 17.3 Å². The monoisotopic (exact) mass is 437 g/mol. The highest BCUT2D eigenvalue weighted by Gasteiger charge is 2.41. The van der Waals surface area contributed by atoms with E-state index in [2.05, 4.69) is 48.8 Å². The number of hydrogen-bond donors (Lipinski definition) is 2. The molecule has 2 N–H and O–H groups in total. The van der Waals surface area contributed by atoms with Gasteiger partial charge in [-0.3, -0.25) is 9.80 Å².